The molecule has 0 spiro atoms. The van der Waals surface area contributed by atoms with Crippen LogP contribution < -0.4 is 9.62 Å². The fourth-order valence-corrected chi connectivity index (χ4v) is 4.86. The van der Waals surface area contributed by atoms with E-state index in [4.69, 9.17) is 23.2 Å². The highest BCUT2D eigenvalue weighted by molar-refractivity contribution is 7.92. The largest absolute Gasteiger partial charge is 0.348 e. The van der Waals surface area contributed by atoms with Crippen LogP contribution in [0.4, 0.5) is 10.1 Å². The number of sulfonamides is 1. The molecular weight excluding hydrogens is 462 g/mol. The van der Waals surface area contributed by atoms with Crippen LogP contribution in [0.25, 0.3) is 0 Å². The van der Waals surface area contributed by atoms with Gasteiger partial charge in [-0.3, -0.25) is 9.10 Å². The Morgan fingerprint density at radius 3 is 2.29 bits per heavy atom. The summed E-state index contributed by atoms with van der Waals surface area (Å²) in [6.07, 6.45) is 0. The van der Waals surface area contributed by atoms with Crippen LogP contribution in [0, 0.1) is 5.82 Å². The molecule has 0 fully saturated rings. The van der Waals surface area contributed by atoms with Crippen molar-refractivity contribution in [3.05, 3.63) is 94.2 Å². The average Bonchev–Trinajstić information content (AvgIpc) is 2.75. The Kier molecular flexibility index (Phi) is 7.20. The molecule has 0 radical (unpaired) electrons. The predicted molar refractivity (Wildman–Crippen MR) is 120 cm³/mol. The summed E-state index contributed by atoms with van der Waals surface area (Å²) in [5.74, 6) is -0.953. The molecule has 31 heavy (non-hydrogen) atoms. The zero-order valence-corrected chi connectivity index (χ0v) is 18.8. The molecule has 5 nitrogen and oxygen atoms in total. The maximum Gasteiger partial charge on any atom is 0.264 e. The Hall–Kier alpha value is -2.61. The molecule has 162 valence electrons. The monoisotopic (exact) mass is 480 g/mol. The standard InChI is InChI=1S/C22H19Cl2FN2O3S/c1-15(16-10-12-17(25)13-11-16)26-21(28)14-27(20-9-5-8-19(23)22(20)24)31(29,30)18-6-3-2-4-7-18/h2-13,15H,14H2,1H3,(H,26,28)/t15-/m1/s1. The van der Waals surface area contributed by atoms with E-state index in [1.165, 1.54) is 36.4 Å². The number of carbonyl (C=O) groups excluding carboxylic acids is 1. The maximum absolute atomic E-state index is 13.3. The molecule has 3 rings (SSSR count). The lowest BCUT2D eigenvalue weighted by Gasteiger charge is -2.26. The van der Waals surface area contributed by atoms with Crippen molar-refractivity contribution < 1.29 is 17.6 Å². The molecule has 0 aliphatic rings. The minimum absolute atomic E-state index is 0.00502. The molecular formula is C22H19Cl2FN2O3S. The average molecular weight is 481 g/mol. The summed E-state index contributed by atoms with van der Waals surface area (Å²) in [5, 5.41) is 2.91. The second kappa shape index (κ2) is 9.68. The van der Waals surface area contributed by atoms with E-state index in [1.54, 1.807) is 43.3 Å². The number of anilines is 1. The van der Waals surface area contributed by atoms with Gasteiger partial charge >= 0.3 is 0 Å². The molecule has 3 aromatic rings. The van der Waals surface area contributed by atoms with Gasteiger partial charge in [0, 0.05) is 0 Å². The molecule has 0 heterocycles. The van der Waals surface area contributed by atoms with Crippen molar-refractivity contribution in [2.24, 2.45) is 0 Å². The second-order valence-electron chi connectivity index (χ2n) is 6.74. The number of benzene rings is 3. The summed E-state index contributed by atoms with van der Waals surface area (Å²) in [4.78, 5) is 12.8. The number of carbonyl (C=O) groups is 1. The van der Waals surface area contributed by atoms with Gasteiger partial charge in [0.2, 0.25) is 5.91 Å². The number of amides is 1. The summed E-state index contributed by atoms with van der Waals surface area (Å²) in [6, 6.07) is 17.5. The Morgan fingerprint density at radius 2 is 1.65 bits per heavy atom. The molecule has 3 aromatic carbocycles. The van der Waals surface area contributed by atoms with Crippen molar-refractivity contribution >= 4 is 44.8 Å². The predicted octanol–water partition coefficient (Wildman–Crippen LogP) is 5.21. The third-order valence-electron chi connectivity index (χ3n) is 4.57. The fourth-order valence-electron chi connectivity index (χ4n) is 2.96. The van der Waals surface area contributed by atoms with Gasteiger partial charge in [0.05, 0.1) is 26.7 Å². The Labute approximate surface area is 190 Å². The van der Waals surface area contributed by atoms with Gasteiger partial charge < -0.3 is 5.32 Å². The van der Waals surface area contributed by atoms with Gasteiger partial charge in [0.15, 0.2) is 0 Å². The van der Waals surface area contributed by atoms with Crippen molar-refractivity contribution in [1.82, 2.24) is 5.32 Å². The van der Waals surface area contributed by atoms with E-state index in [2.05, 4.69) is 5.32 Å². The summed E-state index contributed by atoms with van der Waals surface area (Å²) in [7, 11) is -4.11. The zero-order chi connectivity index (χ0) is 22.6. The molecule has 0 aliphatic heterocycles. The normalized spacial score (nSPS) is 12.3. The first kappa shape index (κ1) is 23.1. The molecule has 0 saturated carbocycles. The van der Waals surface area contributed by atoms with Crippen molar-refractivity contribution in [2.75, 3.05) is 10.8 Å². The molecule has 0 aliphatic carbocycles. The van der Waals surface area contributed by atoms with Gasteiger partial charge in [-0.05, 0) is 48.9 Å². The van der Waals surface area contributed by atoms with E-state index in [0.29, 0.717) is 5.56 Å². The molecule has 0 aromatic heterocycles. The van der Waals surface area contributed by atoms with Crippen molar-refractivity contribution in [3.63, 3.8) is 0 Å². The number of halogens is 3. The molecule has 1 atom stereocenters. The van der Waals surface area contributed by atoms with E-state index < -0.39 is 34.3 Å². The van der Waals surface area contributed by atoms with Gasteiger partial charge in [0.1, 0.15) is 12.4 Å². The van der Waals surface area contributed by atoms with Gasteiger partial charge in [-0.25, -0.2) is 12.8 Å². The van der Waals surface area contributed by atoms with E-state index in [0.717, 1.165) is 4.31 Å². The Morgan fingerprint density at radius 1 is 1.00 bits per heavy atom. The molecule has 1 N–H and O–H groups in total. The Balaban J connectivity index is 1.92. The SMILES string of the molecule is C[C@@H](NC(=O)CN(c1cccc(Cl)c1Cl)S(=O)(=O)c1ccccc1)c1ccc(F)cc1. The van der Waals surface area contributed by atoms with Crippen LogP contribution in [0.5, 0.6) is 0 Å². The lowest BCUT2D eigenvalue weighted by molar-refractivity contribution is -0.120. The lowest BCUT2D eigenvalue weighted by Crippen LogP contribution is -2.41. The van der Waals surface area contributed by atoms with Gasteiger partial charge in [-0.1, -0.05) is 59.6 Å². The fraction of sp³-hybridized carbons (Fsp3) is 0.136. The Bertz CT molecular complexity index is 1170. The van der Waals surface area contributed by atoms with Gasteiger partial charge in [-0.15, -0.1) is 0 Å². The minimum atomic E-state index is -4.11. The molecule has 0 saturated heterocycles. The van der Waals surface area contributed by atoms with Crippen LogP contribution >= 0.6 is 23.2 Å². The van der Waals surface area contributed by atoms with Gasteiger partial charge in [-0.2, -0.15) is 0 Å². The number of hydrogen-bond acceptors (Lipinski definition) is 3. The van der Waals surface area contributed by atoms with Gasteiger partial charge in [0.25, 0.3) is 10.0 Å². The van der Waals surface area contributed by atoms with E-state index in [9.17, 15) is 17.6 Å². The second-order valence-corrected chi connectivity index (χ2v) is 9.39. The van der Waals surface area contributed by atoms with Crippen molar-refractivity contribution in [3.8, 4) is 0 Å². The number of rotatable bonds is 7. The smallest absolute Gasteiger partial charge is 0.264 e. The van der Waals surface area contributed by atoms with E-state index in [-0.39, 0.29) is 20.6 Å². The number of nitrogens with one attached hydrogen (secondary N) is 1. The van der Waals surface area contributed by atoms with Crippen molar-refractivity contribution in [1.29, 1.82) is 0 Å². The van der Waals surface area contributed by atoms with Crippen molar-refractivity contribution in [2.45, 2.75) is 17.9 Å². The number of nitrogens with zero attached hydrogens (tertiary/aromatic N) is 1. The van der Waals surface area contributed by atoms with E-state index >= 15 is 0 Å². The summed E-state index contributed by atoms with van der Waals surface area (Å²) >= 11 is 12.4. The first-order valence-electron chi connectivity index (χ1n) is 9.27. The minimum Gasteiger partial charge on any atom is -0.348 e. The molecule has 0 unspecified atom stereocenters. The lowest BCUT2D eigenvalue weighted by atomic mass is 10.1. The van der Waals surface area contributed by atoms with Crippen LogP contribution in [-0.2, 0) is 14.8 Å². The molecule has 9 heteroatoms. The summed E-state index contributed by atoms with van der Waals surface area (Å²) < 4.78 is 40.7. The third kappa shape index (κ3) is 5.36. The zero-order valence-electron chi connectivity index (χ0n) is 16.4. The highest BCUT2D eigenvalue weighted by atomic mass is 35.5. The van der Waals surface area contributed by atoms with E-state index in [1.807, 2.05) is 0 Å². The molecule has 0 bridgehead atoms. The van der Waals surface area contributed by atoms with Crippen LogP contribution in [0.2, 0.25) is 10.0 Å². The first-order valence-corrected chi connectivity index (χ1v) is 11.5. The van der Waals surface area contributed by atoms with Crippen LogP contribution in [0.15, 0.2) is 77.7 Å². The summed E-state index contributed by atoms with van der Waals surface area (Å²) in [6.45, 7) is 1.19. The van der Waals surface area contributed by atoms with Crippen LogP contribution in [-0.4, -0.2) is 20.9 Å². The maximum atomic E-state index is 13.3. The quantitative estimate of drug-likeness (QED) is 0.504. The number of hydrogen-bond donors (Lipinski definition) is 1. The first-order chi connectivity index (χ1) is 14.7. The van der Waals surface area contributed by atoms with Crippen LogP contribution in [0.1, 0.15) is 18.5 Å². The van der Waals surface area contributed by atoms with Crippen LogP contribution in [0.3, 0.4) is 0 Å². The topological polar surface area (TPSA) is 66.5 Å². The highest BCUT2D eigenvalue weighted by Gasteiger charge is 2.29. The molecule has 1 amide bonds. The summed E-state index contributed by atoms with van der Waals surface area (Å²) in [5.41, 5.74) is 0.760. The highest BCUT2D eigenvalue weighted by Crippen LogP contribution is 2.35. The third-order valence-corrected chi connectivity index (χ3v) is 7.15.